The number of rotatable bonds is 4. The molecule has 0 saturated heterocycles. The summed E-state index contributed by atoms with van der Waals surface area (Å²) in [5.41, 5.74) is 1.71. The number of ether oxygens (including phenoxy) is 2. The van der Waals surface area contributed by atoms with Crippen molar-refractivity contribution in [1.82, 2.24) is 10.1 Å². The Kier molecular flexibility index (Phi) is 4.05. The summed E-state index contributed by atoms with van der Waals surface area (Å²) in [6.07, 6.45) is 0. The van der Waals surface area contributed by atoms with Crippen molar-refractivity contribution in [2.75, 3.05) is 14.2 Å². The summed E-state index contributed by atoms with van der Waals surface area (Å²) >= 11 is 0. The van der Waals surface area contributed by atoms with Gasteiger partial charge in [-0.25, -0.2) is 4.79 Å². The second-order valence-corrected chi connectivity index (χ2v) is 4.69. The first-order valence-corrected chi connectivity index (χ1v) is 6.89. The largest absolute Gasteiger partial charge is 0.497 e. The Balaban J connectivity index is 1.97. The van der Waals surface area contributed by atoms with Crippen LogP contribution in [-0.4, -0.2) is 30.3 Å². The Labute approximate surface area is 132 Å². The van der Waals surface area contributed by atoms with Crippen LogP contribution < -0.4 is 4.74 Å². The number of nitrogens with zero attached hydrogens (tertiary/aromatic N) is 2. The summed E-state index contributed by atoms with van der Waals surface area (Å²) in [6, 6.07) is 14.2. The van der Waals surface area contributed by atoms with Crippen molar-refractivity contribution in [2.45, 2.75) is 0 Å². The van der Waals surface area contributed by atoms with Gasteiger partial charge in [0.25, 0.3) is 5.89 Å². The van der Waals surface area contributed by atoms with Crippen molar-refractivity contribution >= 4 is 5.97 Å². The van der Waals surface area contributed by atoms with Gasteiger partial charge in [0.05, 0.1) is 19.8 Å². The lowest BCUT2D eigenvalue weighted by atomic mass is 10.1. The Bertz CT molecular complexity index is 825. The van der Waals surface area contributed by atoms with Gasteiger partial charge in [0.15, 0.2) is 0 Å². The monoisotopic (exact) mass is 310 g/mol. The number of hydrogen-bond donors (Lipinski definition) is 0. The second-order valence-electron chi connectivity index (χ2n) is 4.69. The smallest absolute Gasteiger partial charge is 0.338 e. The number of hydrogen-bond acceptors (Lipinski definition) is 6. The lowest BCUT2D eigenvalue weighted by Gasteiger charge is -2.03. The van der Waals surface area contributed by atoms with Crippen LogP contribution in [0.4, 0.5) is 0 Å². The molecule has 0 bridgehead atoms. The number of esters is 1. The predicted octanol–water partition coefficient (Wildman–Crippen LogP) is 3.20. The molecular formula is C17H14N2O4. The molecule has 2 aromatic carbocycles. The van der Waals surface area contributed by atoms with Crippen LogP contribution in [0.15, 0.2) is 53.1 Å². The molecule has 0 saturated carbocycles. The number of aromatic nitrogens is 2. The summed E-state index contributed by atoms with van der Waals surface area (Å²) in [6.45, 7) is 0. The lowest BCUT2D eigenvalue weighted by molar-refractivity contribution is 0.0601. The maximum absolute atomic E-state index is 11.8. The molecule has 3 aromatic rings. The normalized spacial score (nSPS) is 10.3. The molecule has 116 valence electrons. The Morgan fingerprint density at radius 3 is 2.48 bits per heavy atom. The quantitative estimate of drug-likeness (QED) is 0.689. The van der Waals surface area contributed by atoms with E-state index in [2.05, 4.69) is 10.1 Å². The first-order chi connectivity index (χ1) is 11.2. The number of benzene rings is 2. The van der Waals surface area contributed by atoms with Crippen molar-refractivity contribution < 1.29 is 18.8 Å². The van der Waals surface area contributed by atoms with E-state index < -0.39 is 5.97 Å². The molecule has 0 unspecified atom stereocenters. The summed E-state index contributed by atoms with van der Waals surface area (Å²) in [7, 11) is 2.93. The van der Waals surface area contributed by atoms with E-state index in [0.29, 0.717) is 22.8 Å². The fourth-order valence-corrected chi connectivity index (χ4v) is 2.15. The molecule has 0 aliphatic rings. The van der Waals surface area contributed by atoms with Gasteiger partial charge in [0.1, 0.15) is 5.75 Å². The molecule has 0 atom stereocenters. The Hall–Kier alpha value is -3.15. The Morgan fingerprint density at radius 1 is 1.04 bits per heavy atom. The maximum atomic E-state index is 11.8. The minimum atomic E-state index is -0.448. The van der Waals surface area contributed by atoms with E-state index in [1.807, 2.05) is 24.3 Å². The van der Waals surface area contributed by atoms with Crippen molar-refractivity contribution in [3.8, 4) is 28.6 Å². The van der Waals surface area contributed by atoms with Crippen LogP contribution in [0.5, 0.6) is 5.75 Å². The first kappa shape index (κ1) is 14.8. The number of carbonyl (C=O) groups is 1. The van der Waals surface area contributed by atoms with Crippen molar-refractivity contribution in [2.24, 2.45) is 0 Å². The van der Waals surface area contributed by atoms with Crippen LogP contribution in [-0.2, 0) is 4.74 Å². The number of methoxy groups -OCH3 is 2. The zero-order valence-electron chi connectivity index (χ0n) is 12.6. The molecule has 1 aromatic heterocycles. The molecule has 0 spiro atoms. The molecule has 23 heavy (non-hydrogen) atoms. The zero-order valence-corrected chi connectivity index (χ0v) is 12.6. The molecule has 1 heterocycles. The van der Waals surface area contributed by atoms with Gasteiger partial charge in [-0.15, -0.1) is 0 Å². The van der Waals surface area contributed by atoms with Gasteiger partial charge in [0.2, 0.25) is 5.82 Å². The fourth-order valence-electron chi connectivity index (χ4n) is 2.15. The molecule has 6 heteroatoms. The van der Waals surface area contributed by atoms with Gasteiger partial charge in [-0.05, 0) is 30.3 Å². The molecule has 3 rings (SSSR count). The van der Waals surface area contributed by atoms with E-state index >= 15 is 0 Å². The van der Waals surface area contributed by atoms with Crippen molar-refractivity contribution in [3.05, 3.63) is 54.1 Å². The number of carbonyl (C=O) groups excluding carboxylic acids is 1. The van der Waals surface area contributed by atoms with E-state index in [0.717, 1.165) is 11.3 Å². The minimum Gasteiger partial charge on any atom is -0.497 e. The summed E-state index contributed by atoms with van der Waals surface area (Å²) < 4.78 is 15.2. The third-order valence-corrected chi connectivity index (χ3v) is 3.34. The van der Waals surface area contributed by atoms with Crippen LogP contribution in [0.2, 0.25) is 0 Å². The first-order valence-electron chi connectivity index (χ1n) is 6.89. The van der Waals surface area contributed by atoms with E-state index in [9.17, 15) is 4.79 Å². The van der Waals surface area contributed by atoms with Gasteiger partial charge in [-0.1, -0.05) is 23.4 Å². The van der Waals surface area contributed by atoms with Crippen LogP contribution in [0.1, 0.15) is 10.4 Å². The fraction of sp³-hybridized carbons (Fsp3) is 0.118. The Morgan fingerprint density at radius 2 is 1.78 bits per heavy atom. The summed E-state index contributed by atoms with van der Waals surface area (Å²) in [5.74, 6) is 0.986. The third-order valence-electron chi connectivity index (χ3n) is 3.34. The second kappa shape index (κ2) is 6.31. The highest BCUT2D eigenvalue weighted by Crippen LogP contribution is 2.26. The summed E-state index contributed by atoms with van der Waals surface area (Å²) in [4.78, 5) is 16.2. The van der Waals surface area contributed by atoms with Crippen LogP contribution in [0, 0.1) is 0 Å². The standard InChI is InChI=1S/C17H14N2O4/c1-21-12-9-7-11(8-10-12)16-18-15(19-23-16)13-5-3-4-6-14(13)17(20)22-2/h3-10H,1-2H3. The van der Waals surface area contributed by atoms with E-state index in [4.69, 9.17) is 14.0 Å². The van der Waals surface area contributed by atoms with E-state index in [-0.39, 0.29) is 0 Å². The lowest BCUT2D eigenvalue weighted by Crippen LogP contribution is -2.03. The minimum absolute atomic E-state index is 0.330. The predicted molar refractivity (Wildman–Crippen MR) is 83.1 cm³/mol. The van der Waals surface area contributed by atoms with Gasteiger partial charge in [-0.2, -0.15) is 4.98 Å². The zero-order chi connectivity index (χ0) is 16.2. The van der Waals surface area contributed by atoms with Crippen molar-refractivity contribution in [1.29, 1.82) is 0 Å². The molecular weight excluding hydrogens is 296 g/mol. The molecule has 0 aliphatic heterocycles. The van der Waals surface area contributed by atoms with Crippen LogP contribution in [0.25, 0.3) is 22.8 Å². The molecule has 6 nitrogen and oxygen atoms in total. The molecule has 0 N–H and O–H groups in total. The topological polar surface area (TPSA) is 74.5 Å². The maximum Gasteiger partial charge on any atom is 0.338 e. The molecule has 0 fully saturated rings. The SMILES string of the molecule is COC(=O)c1ccccc1-c1noc(-c2ccc(OC)cc2)n1. The van der Waals surface area contributed by atoms with Gasteiger partial charge < -0.3 is 14.0 Å². The average Bonchev–Trinajstić information content (AvgIpc) is 3.11. The van der Waals surface area contributed by atoms with E-state index in [1.54, 1.807) is 31.4 Å². The van der Waals surface area contributed by atoms with Gasteiger partial charge >= 0.3 is 5.97 Å². The summed E-state index contributed by atoms with van der Waals surface area (Å²) in [5, 5.41) is 3.96. The molecule has 0 radical (unpaired) electrons. The third kappa shape index (κ3) is 2.91. The average molecular weight is 310 g/mol. The van der Waals surface area contributed by atoms with Gasteiger partial charge in [0, 0.05) is 11.1 Å². The van der Waals surface area contributed by atoms with E-state index in [1.165, 1.54) is 7.11 Å². The molecule has 0 aliphatic carbocycles. The van der Waals surface area contributed by atoms with Gasteiger partial charge in [-0.3, -0.25) is 0 Å². The highest BCUT2D eigenvalue weighted by atomic mass is 16.5. The highest BCUT2D eigenvalue weighted by molar-refractivity contribution is 5.96. The van der Waals surface area contributed by atoms with Crippen molar-refractivity contribution in [3.63, 3.8) is 0 Å². The van der Waals surface area contributed by atoms with Crippen LogP contribution in [0.3, 0.4) is 0 Å². The molecule has 0 amide bonds. The highest BCUT2D eigenvalue weighted by Gasteiger charge is 2.17. The van der Waals surface area contributed by atoms with Crippen LogP contribution >= 0.6 is 0 Å².